The molecule has 6 aromatic rings. The van der Waals surface area contributed by atoms with Gasteiger partial charge in [-0.05, 0) is 73.7 Å². The number of aromatic nitrogens is 5. The number of unbranched alkanes of at least 4 members (excludes halogenated alkanes) is 3. The van der Waals surface area contributed by atoms with Gasteiger partial charge in [0.1, 0.15) is 24.0 Å². The molecule has 1 saturated carbocycles. The first kappa shape index (κ1) is 36.9. The van der Waals surface area contributed by atoms with Crippen molar-refractivity contribution in [2.24, 2.45) is 7.05 Å². The standard InChI is InChI=1S/C44H41N7O7/c1-50-36-17-18-45-25-35(36)32-11-7-26(20-38(32)50)27-8-15-40(46-24-27)57-30-21-31(22-30)58-41-16-9-28(48-49-41)6-4-2-3-5-19-56-29-10-12-33-34(23-29)44(55)51(43(33)54)37-13-14-39(52)47-42(37)53/h7-12,15-18,20,23-25,30-31,37H,2-6,13-14,19,21-22H2,1H3,(H,47,52,53)/t30-,31-,37?. The summed E-state index contributed by atoms with van der Waals surface area (Å²) >= 11 is 0. The summed E-state index contributed by atoms with van der Waals surface area (Å²) in [7, 11) is 2.08. The number of aryl methyl sites for hydroxylation is 2. The van der Waals surface area contributed by atoms with Gasteiger partial charge < -0.3 is 18.8 Å². The zero-order valence-corrected chi connectivity index (χ0v) is 31.9. The Morgan fingerprint density at radius 1 is 0.741 bits per heavy atom. The highest BCUT2D eigenvalue weighted by Gasteiger charge is 2.44. The molecule has 2 aliphatic heterocycles. The number of hydrogen-bond acceptors (Lipinski definition) is 11. The number of carbonyl (C=O) groups is 4. The Morgan fingerprint density at radius 2 is 1.53 bits per heavy atom. The van der Waals surface area contributed by atoms with Crippen molar-refractivity contribution in [2.75, 3.05) is 6.61 Å². The van der Waals surface area contributed by atoms with E-state index in [1.807, 2.05) is 48.9 Å². The highest BCUT2D eigenvalue weighted by molar-refractivity contribution is 6.23. The van der Waals surface area contributed by atoms with Gasteiger partial charge >= 0.3 is 0 Å². The van der Waals surface area contributed by atoms with Gasteiger partial charge in [0.25, 0.3) is 11.8 Å². The van der Waals surface area contributed by atoms with Crippen molar-refractivity contribution in [3.05, 3.63) is 102 Å². The van der Waals surface area contributed by atoms with Gasteiger partial charge in [0.05, 0.1) is 28.9 Å². The molecule has 4 amide bonds. The molecule has 294 valence electrons. The predicted molar refractivity (Wildman–Crippen MR) is 212 cm³/mol. The second-order valence-corrected chi connectivity index (χ2v) is 15.1. The van der Waals surface area contributed by atoms with Gasteiger partial charge in [-0.25, -0.2) is 4.98 Å². The minimum absolute atomic E-state index is 0.0154. The summed E-state index contributed by atoms with van der Waals surface area (Å²) in [5.41, 5.74) is 5.77. The van der Waals surface area contributed by atoms with E-state index < -0.39 is 29.7 Å². The SMILES string of the molecule is Cn1c2ccncc2c2ccc(-c3ccc(O[C@H]4C[C@H](Oc5ccc(CCCCCCOc6ccc7c(c6)C(=O)N(C6CCC(=O)NC6=O)C7=O)nn5)C4)nc3)cc21. The first-order valence-corrected chi connectivity index (χ1v) is 19.7. The lowest BCUT2D eigenvalue weighted by molar-refractivity contribution is -0.136. The average molecular weight is 780 g/mol. The molecule has 4 aromatic heterocycles. The van der Waals surface area contributed by atoms with E-state index in [2.05, 4.69) is 55.3 Å². The van der Waals surface area contributed by atoms with E-state index in [9.17, 15) is 19.2 Å². The summed E-state index contributed by atoms with van der Waals surface area (Å²) in [4.78, 5) is 59.6. The summed E-state index contributed by atoms with van der Waals surface area (Å²) in [5.74, 6) is -0.535. The summed E-state index contributed by atoms with van der Waals surface area (Å²) in [6, 6.07) is 20.1. The van der Waals surface area contributed by atoms with Crippen LogP contribution < -0.4 is 19.5 Å². The molecule has 1 unspecified atom stereocenters. The van der Waals surface area contributed by atoms with E-state index >= 15 is 0 Å². The first-order chi connectivity index (χ1) is 28.3. The van der Waals surface area contributed by atoms with Gasteiger partial charge in [0, 0.05) is 78.9 Å². The number of nitrogens with zero attached hydrogens (tertiary/aromatic N) is 6. The topological polar surface area (TPSA) is 168 Å². The molecule has 1 saturated heterocycles. The summed E-state index contributed by atoms with van der Waals surface area (Å²) in [6.07, 6.45) is 11.8. The monoisotopic (exact) mass is 779 g/mol. The lowest BCUT2D eigenvalue weighted by Crippen LogP contribution is -2.54. The third kappa shape index (κ3) is 7.33. The van der Waals surface area contributed by atoms with Crippen LogP contribution in [0, 0.1) is 0 Å². The van der Waals surface area contributed by atoms with Crippen molar-refractivity contribution in [3.63, 3.8) is 0 Å². The van der Waals surface area contributed by atoms with Crippen molar-refractivity contribution in [1.29, 1.82) is 0 Å². The van der Waals surface area contributed by atoms with Gasteiger partial charge in [-0.2, -0.15) is 5.10 Å². The number of rotatable bonds is 14. The number of imide groups is 2. The Balaban J connectivity index is 0.664. The van der Waals surface area contributed by atoms with E-state index in [1.54, 1.807) is 18.2 Å². The third-order valence-electron chi connectivity index (χ3n) is 11.2. The van der Waals surface area contributed by atoms with Gasteiger partial charge in [-0.1, -0.05) is 25.0 Å². The Bertz CT molecular complexity index is 2550. The third-order valence-corrected chi connectivity index (χ3v) is 11.2. The molecule has 2 fully saturated rings. The molecule has 1 N–H and O–H groups in total. The largest absolute Gasteiger partial charge is 0.494 e. The van der Waals surface area contributed by atoms with Gasteiger partial charge in [-0.3, -0.25) is 34.4 Å². The fourth-order valence-corrected chi connectivity index (χ4v) is 7.94. The van der Waals surface area contributed by atoms with Crippen LogP contribution in [0.2, 0.25) is 0 Å². The highest BCUT2D eigenvalue weighted by Crippen LogP contribution is 2.34. The van der Waals surface area contributed by atoms with Crippen LogP contribution in [0.5, 0.6) is 17.5 Å². The lowest BCUT2D eigenvalue weighted by atomic mass is 9.92. The molecule has 0 bridgehead atoms. The molecule has 1 aliphatic carbocycles. The van der Waals surface area contributed by atoms with Crippen LogP contribution in [0.1, 0.15) is 77.8 Å². The minimum Gasteiger partial charge on any atom is -0.494 e. The summed E-state index contributed by atoms with van der Waals surface area (Å²) in [6.45, 7) is 0.460. The Hall–Kier alpha value is -6.70. The van der Waals surface area contributed by atoms with Crippen LogP contribution in [-0.4, -0.2) is 78.1 Å². The van der Waals surface area contributed by atoms with Gasteiger partial charge in [0.2, 0.25) is 23.6 Å². The summed E-state index contributed by atoms with van der Waals surface area (Å²) < 4.78 is 20.2. The zero-order valence-electron chi connectivity index (χ0n) is 31.9. The Kier molecular flexibility index (Phi) is 9.98. The molecular weight excluding hydrogens is 739 g/mol. The summed E-state index contributed by atoms with van der Waals surface area (Å²) in [5, 5.41) is 13.2. The second-order valence-electron chi connectivity index (χ2n) is 15.1. The van der Waals surface area contributed by atoms with E-state index in [-0.39, 0.29) is 36.2 Å². The highest BCUT2D eigenvalue weighted by atomic mass is 16.5. The van der Waals surface area contributed by atoms with E-state index in [4.69, 9.17) is 14.2 Å². The number of nitrogens with one attached hydrogen (secondary N) is 1. The van der Waals surface area contributed by atoms with Crippen molar-refractivity contribution < 1.29 is 33.4 Å². The lowest BCUT2D eigenvalue weighted by Gasteiger charge is -2.34. The maximum absolute atomic E-state index is 13.0. The van der Waals surface area contributed by atoms with Crippen LogP contribution in [0.25, 0.3) is 32.9 Å². The molecule has 9 rings (SSSR count). The molecule has 0 radical (unpaired) electrons. The van der Waals surface area contributed by atoms with Crippen LogP contribution in [0.4, 0.5) is 0 Å². The number of fused-ring (bicyclic) bond motifs is 4. The van der Waals surface area contributed by atoms with Crippen LogP contribution in [0.15, 0.2) is 85.3 Å². The van der Waals surface area contributed by atoms with Gasteiger partial charge in [-0.15, -0.1) is 5.10 Å². The molecule has 2 aromatic carbocycles. The Morgan fingerprint density at radius 3 is 2.33 bits per heavy atom. The number of amides is 4. The normalized spacial score (nSPS) is 19.0. The number of ether oxygens (including phenoxy) is 3. The molecule has 3 aliphatic rings. The predicted octanol–water partition coefficient (Wildman–Crippen LogP) is 6.15. The number of benzene rings is 2. The molecule has 0 spiro atoms. The quantitative estimate of drug-likeness (QED) is 0.0995. The first-order valence-electron chi connectivity index (χ1n) is 19.7. The second kappa shape index (κ2) is 15.7. The Labute approximate surface area is 333 Å². The average Bonchev–Trinajstić information content (AvgIpc) is 3.65. The smallest absolute Gasteiger partial charge is 0.262 e. The maximum atomic E-state index is 13.0. The minimum atomic E-state index is -0.994. The fourth-order valence-electron chi connectivity index (χ4n) is 7.94. The van der Waals surface area contributed by atoms with Crippen molar-refractivity contribution >= 4 is 45.4 Å². The zero-order chi connectivity index (χ0) is 39.8. The van der Waals surface area contributed by atoms with E-state index in [0.717, 1.165) is 83.1 Å². The number of carbonyl (C=O) groups excluding carboxylic acids is 4. The van der Waals surface area contributed by atoms with E-state index in [0.29, 0.717) is 24.1 Å². The molecule has 6 heterocycles. The van der Waals surface area contributed by atoms with Crippen molar-refractivity contribution in [2.45, 2.75) is 76.0 Å². The van der Waals surface area contributed by atoms with E-state index in [1.165, 1.54) is 5.39 Å². The van der Waals surface area contributed by atoms with Crippen LogP contribution in [0.3, 0.4) is 0 Å². The number of hydrogen-bond donors (Lipinski definition) is 1. The molecular formula is C44H41N7O7. The van der Waals surface area contributed by atoms with Crippen molar-refractivity contribution in [3.8, 4) is 28.6 Å². The molecule has 14 nitrogen and oxygen atoms in total. The van der Waals surface area contributed by atoms with Crippen LogP contribution >= 0.6 is 0 Å². The number of pyridine rings is 2. The van der Waals surface area contributed by atoms with Crippen molar-refractivity contribution in [1.82, 2.24) is 34.9 Å². The molecule has 14 heteroatoms. The number of piperidine rings is 1. The maximum Gasteiger partial charge on any atom is 0.262 e. The molecule has 58 heavy (non-hydrogen) atoms. The fraction of sp³-hybridized carbons (Fsp3) is 0.318. The van der Waals surface area contributed by atoms with Gasteiger partial charge in [0.15, 0.2) is 0 Å². The van der Waals surface area contributed by atoms with Crippen LogP contribution in [-0.2, 0) is 23.1 Å². The molecule has 1 atom stereocenters.